The van der Waals surface area contributed by atoms with Gasteiger partial charge in [0.2, 0.25) is 21.8 Å². The van der Waals surface area contributed by atoms with E-state index in [1.54, 1.807) is 31.3 Å². The van der Waals surface area contributed by atoms with Crippen molar-refractivity contribution in [2.45, 2.75) is 32.2 Å². The van der Waals surface area contributed by atoms with Crippen molar-refractivity contribution < 1.29 is 22.5 Å². The van der Waals surface area contributed by atoms with Gasteiger partial charge in [-0.2, -0.15) is 4.98 Å². The van der Waals surface area contributed by atoms with Crippen LogP contribution in [0.25, 0.3) is 0 Å². The van der Waals surface area contributed by atoms with Crippen molar-refractivity contribution in [3.63, 3.8) is 0 Å². The predicted octanol–water partition coefficient (Wildman–Crippen LogP) is 1.44. The maximum atomic E-state index is 12.6. The Hall–Kier alpha value is -2.79. The maximum absolute atomic E-state index is 12.6. The van der Waals surface area contributed by atoms with Gasteiger partial charge in [-0.15, -0.1) is 0 Å². The molecule has 1 aliphatic heterocycles. The summed E-state index contributed by atoms with van der Waals surface area (Å²) in [6.45, 7) is 2.43. The minimum atomic E-state index is -3.18. The average molecular weight is 436 g/mol. The molecular formula is C19H25N5O5S. The summed E-state index contributed by atoms with van der Waals surface area (Å²) in [4.78, 5) is 29.6. The number of hydrogen-bond acceptors (Lipinski definition) is 7. The lowest BCUT2D eigenvalue weighted by atomic mass is 9.98. The van der Waals surface area contributed by atoms with E-state index in [-0.39, 0.29) is 24.3 Å². The zero-order valence-electron chi connectivity index (χ0n) is 17.2. The molecule has 1 aromatic carbocycles. The van der Waals surface area contributed by atoms with Crippen LogP contribution in [-0.2, 0) is 21.4 Å². The van der Waals surface area contributed by atoms with Crippen LogP contribution in [0, 0.1) is 0 Å². The van der Waals surface area contributed by atoms with Crippen molar-refractivity contribution in [2.24, 2.45) is 0 Å². The standard InChI is InChI=1S/C19H25N5O5S/c1-13(25)20-16-6-4-15(5-7-16)19(26)23(2)12-17-21-18(22-29-17)14-8-10-24(11-9-14)30(3,27)28/h4-7,14H,8-12H2,1-3H3,(H,20,25). The highest BCUT2D eigenvalue weighted by Gasteiger charge is 2.28. The lowest BCUT2D eigenvalue weighted by Crippen LogP contribution is -2.37. The molecule has 0 aliphatic carbocycles. The normalized spacial score (nSPS) is 15.7. The Balaban J connectivity index is 1.57. The zero-order chi connectivity index (χ0) is 21.9. The summed E-state index contributed by atoms with van der Waals surface area (Å²) in [5.74, 6) is 0.494. The fourth-order valence-electron chi connectivity index (χ4n) is 3.34. The number of amides is 2. The number of sulfonamides is 1. The van der Waals surface area contributed by atoms with Crippen LogP contribution in [-0.4, -0.2) is 66.0 Å². The van der Waals surface area contributed by atoms with Gasteiger partial charge in [0.15, 0.2) is 5.82 Å². The van der Waals surface area contributed by atoms with Gasteiger partial charge >= 0.3 is 0 Å². The van der Waals surface area contributed by atoms with E-state index in [0.717, 1.165) is 0 Å². The summed E-state index contributed by atoms with van der Waals surface area (Å²) < 4.78 is 30.0. The quantitative estimate of drug-likeness (QED) is 0.727. The van der Waals surface area contributed by atoms with E-state index in [1.807, 2.05) is 0 Å². The Morgan fingerprint density at radius 1 is 1.23 bits per heavy atom. The third-order valence-electron chi connectivity index (χ3n) is 4.94. The van der Waals surface area contributed by atoms with Gasteiger partial charge in [-0.05, 0) is 37.1 Å². The van der Waals surface area contributed by atoms with Crippen molar-refractivity contribution in [1.82, 2.24) is 19.3 Å². The van der Waals surface area contributed by atoms with Crippen molar-refractivity contribution in [3.8, 4) is 0 Å². The Morgan fingerprint density at radius 3 is 2.43 bits per heavy atom. The number of nitrogens with one attached hydrogen (secondary N) is 1. The molecule has 0 unspecified atom stereocenters. The first kappa shape index (κ1) is 21.9. The van der Waals surface area contributed by atoms with E-state index in [0.29, 0.717) is 48.9 Å². The van der Waals surface area contributed by atoms with E-state index >= 15 is 0 Å². The molecule has 1 saturated heterocycles. The van der Waals surface area contributed by atoms with Crippen LogP contribution in [0.15, 0.2) is 28.8 Å². The van der Waals surface area contributed by atoms with Gasteiger partial charge in [0, 0.05) is 44.2 Å². The predicted molar refractivity (Wildman–Crippen MR) is 109 cm³/mol. The van der Waals surface area contributed by atoms with E-state index in [1.165, 1.54) is 22.4 Å². The first-order chi connectivity index (χ1) is 14.1. The molecule has 11 heteroatoms. The lowest BCUT2D eigenvalue weighted by molar-refractivity contribution is -0.114. The molecule has 10 nitrogen and oxygen atoms in total. The number of nitrogens with zero attached hydrogens (tertiary/aromatic N) is 4. The van der Waals surface area contributed by atoms with Crippen LogP contribution in [0.2, 0.25) is 0 Å². The van der Waals surface area contributed by atoms with Crippen molar-refractivity contribution in [2.75, 3.05) is 31.7 Å². The lowest BCUT2D eigenvalue weighted by Gasteiger charge is -2.28. The van der Waals surface area contributed by atoms with Crippen LogP contribution in [0.5, 0.6) is 0 Å². The van der Waals surface area contributed by atoms with Crippen LogP contribution < -0.4 is 5.32 Å². The van der Waals surface area contributed by atoms with Gasteiger partial charge in [-0.3, -0.25) is 9.59 Å². The van der Waals surface area contributed by atoms with Gasteiger partial charge in [0.25, 0.3) is 5.91 Å². The molecule has 2 aromatic rings. The van der Waals surface area contributed by atoms with Crippen LogP contribution in [0.3, 0.4) is 0 Å². The minimum Gasteiger partial charge on any atom is -0.337 e. The summed E-state index contributed by atoms with van der Waals surface area (Å²) in [5, 5.41) is 6.67. The summed E-state index contributed by atoms with van der Waals surface area (Å²) in [6, 6.07) is 6.60. The molecule has 1 aliphatic rings. The van der Waals surface area contributed by atoms with Crippen LogP contribution >= 0.6 is 0 Å². The number of rotatable bonds is 6. The zero-order valence-corrected chi connectivity index (χ0v) is 18.0. The number of carbonyl (C=O) groups is 2. The third kappa shape index (κ3) is 5.42. The molecule has 30 heavy (non-hydrogen) atoms. The third-order valence-corrected chi connectivity index (χ3v) is 6.25. The minimum absolute atomic E-state index is 0.0304. The molecule has 0 atom stereocenters. The highest BCUT2D eigenvalue weighted by Crippen LogP contribution is 2.27. The number of piperidine rings is 1. The van der Waals surface area contributed by atoms with Crippen LogP contribution in [0.1, 0.15) is 47.8 Å². The molecule has 0 saturated carbocycles. The highest BCUT2D eigenvalue weighted by molar-refractivity contribution is 7.88. The Kier molecular flexibility index (Phi) is 6.52. The molecular weight excluding hydrogens is 410 g/mol. The van der Waals surface area contributed by atoms with Crippen molar-refractivity contribution >= 4 is 27.5 Å². The molecule has 162 valence electrons. The van der Waals surface area contributed by atoms with Crippen molar-refractivity contribution in [1.29, 1.82) is 0 Å². The van der Waals surface area contributed by atoms with E-state index < -0.39 is 10.0 Å². The molecule has 1 fully saturated rings. The molecule has 0 bridgehead atoms. The van der Waals surface area contributed by atoms with E-state index in [4.69, 9.17) is 4.52 Å². The van der Waals surface area contributed by atoms with Gasteiger partial charge < -0.3 is 14.7 Å². The van der Waals surface area contributed by atoms with Gasteiger partial charge in [0.1, 0.15) is 0 Å². The van der Waals surface area contributed by atoms with Crippen LogP contribution in [0.4, 0.5) is 5.69 Å². The average Bonchev–Trinajstić information content (AvgIpc) is 3.15. The fourth-order valence-corrected chi connectivity index (χ4v) is 4.21. The number of anilines is 1. The summed E-state index contributed by atoms with van der Waals surface area (Å²) >= 11 is 0. The molecule has 2 amide bonds. The van der Waals surface area contributed by atoms with E-state index in [2.05, 4.69) is 15.5 Å². The van der Waals surface area contributed by atoms with Gasteiger partial charge in [0.05, 0.1) is 12.8 Å². The summed E-state index contributed by atoms with van der Waals surface area (Å²) in [7, 11) is -1.55. The topological polar surface area (TPSA) is 126 Å². The second kappa shape index (κ2) is 8.92. The molecule has 2 heterocycles. The molecule has 1 N–H and O–H groups in total. The number of aromatic nitrogens is 2. The monoisotopic (exact) mass is 435 g/mol. The Bertz CT molecular complexity index is 1010. The largest absolute Gasteiger partial charge is 0.337 e. The van der Waals surface area contributed by atoms with Gasteiger partial charge in [-0.1, -0.05) is 5.16 Å². The number of carbonyl (C=O) groups excluding carboxylic acids is 2. The smallest absolute Gasteiger partial charge is 0.254 e. The second-order valence-electron chi connectivity index (χ2n) is 7.40. The first-order valence-corrected chi connectivity index (χ1v) is 11.4. The fraction of sp³-hybridized carbons (Fsp3) is 0.474. The number of benzene rings is 1. The highest BCUT2D eigenvalue weighted by atomic mass is 32.2. The SMILES string of the molecule is CC(=O)Nc1ccc(C(=O)N(C)Cc2nc(C3CCN(S(C)(=O)=O)CC3)no2)cc1. The molecule has 0 radical (unpaired) electrons. The molecule has 1 aromatic heterocycles. The second-order valence-corrected chi connectivity index (χ2v) is 9.38. The summed E-state index contributed by atoms with van der Waals surface area (Å²) in [6.07, 6.45) is 2.46. The molecule has 0 spiro atoms. The summed E-state index contributed by atoms with van der Waals surface area (Å²) in [5.41, 5.74) is 1.09. The van der Waals surface area contributed by atoms with Crippen molar-refractivity contribution in [3.05, 3.63) is 41.5 Å². The first-order valence-electron chi connectivity index (χ1n) is 9.54. The molecule has 3 rings (SSSR count). The Morgan fingerprint density at radius 2 is 1.87 bits per heavy atom. The Labute approximate surface area is 175 Å². The van der Waals surface area contributed by atoms with E-state index in [9.17, 15) is 18.0 Å². The van der Waals surface area contributed by atoms with Gasteiger partial charge in [-0.25, -0.2) is 12.7 Å². The maximum Gasteiger partial charge on any atom is 0.254 e. The number of hydrogen-bond donors (Lipinski definition) is 1.